The lowest BCUT2D eigenvalue weighted by atomic mass is 10.1. The maximum Gasteiger partial charge on any atom is 0.351 e. The highest BCUT2D eigenvalue weighted by molar-refractivity contribution is 8.46. The summed E-state index contributed by atoms with van der Waals surface area (Å²) in [5.41, 5.74) is 5.35. The van der Waals surface area contributed by atoms with E-state index in [0.29, 0.717) is 5.56 Å². The summed E-state index contributed by atoms with van der Waals surface area (Å²) < 4.78 is 16.3. The molecule has 26 heavy (non-hydrogen) atoms. The maximum atomic E-state index is 11.7. The fourth-order valence-corrected chi connectivity index (χ4v) is 2.76. The molecular formula is C12H20N3O9PS. The molecule has 0 saturated carbocycles. The van der Waals surface area contributed by atoms with Crippen molar-refractivity contribution in [3.05, 3.63) is 22.2 Å². The van der Waals surface area contributed by atoms with Gasteiger partial charge in [-0.25, -0.2) is 4.79 Å². The molecule has 7 N–H and O–H groups in total. The van der Waals surface area contributed by atoms with Crippen molar-refractivity contribution in [1.29, 1.82) is 0 Å². The van der Waals surface area contributed by atoms with Crippen molar-refractivity contribution in [3.8, 4) is 0 Å². The molecular weight excluding hydrogens is 393 g/mol. The maximum absolute atomic E-state index is 11.7. The van der Waals surface area contributed by atoms with E-state index >= 15 is 0 Å². The largest absolute Gasteiger partial charge is 0.481 e. The zero-order valence-corrected chi connectivity index (χ0v) is 15.3. The van der Waals surface area contributed by atoms with Gasteiger partial charge in [-0.2, -0.15) is 4.98 Å². The van der Waals surface area contributed by atoms with E-state index in [1.807, 2.05) is 0 Å². The van der Waals surface area contributed by atoms with E-state index in [2.05, 4.69) is 17.2 Å². The number of rotatable bonds is 4. The number of ether oxygens (including phenoxy) is 1. The zero-order valence-electron chi connectivity index (χ0n) is 13.5. The summed E-state index contributed by atoms with van der Waals surface area (Å²) in [6.07, 6.45) is -3.98. The summed E-state index contributed by atoms with van der Waals surface area (Å²) in [5.74, 6) is -1.21. The van der Waals surface area contributed by atoms with Gasteiger partial charge in [0.1, 0.15) is 30.3 Å². The van der Waals surface area contributed by atoms with E-state index < -0.39 is 55.5 Å². The van der Waals surface area contributed by atoms with Crippen molar-refractivity contribution < 1.29 is 39.4 Å². The molecule has 2 rings (SSSR count). The first-order valence-corrected chi connectivity index (χ1v) is 10.1. The number of nitrogen functional groups attached to an aromatic ring is 1. The summed E-state index contributed by atoms with van der Waals surface area (Å²) in [5, 5.41) is 36.2. The number of aryl methyl sites for hydroxylation is 1. The van der Waals surface area contributed by atoms with Crippen LogP contribution in [0.2, 0.25) is 0 Å². The number of carboxylic acids is 1. The van der Waals surface area contributed by atoms with Crippen LogP contribution in [0.5, 0.6) is 0 Å². The predicted octanol–water partition coefficient (Wildman–Crippen LogP) is -2.07. The van der Waals surface area contributed by atoms with Crippen LogP contribution >= 0.6 is 18.8 Å². The Bertz CT molecular complexity index is 752. The third kappa shape index (κ3) is 6.06. The van der Waals surface area contributed by atoms with Crippen molar-refractivity contribution in [2.75, 3.05) is 18.5 Å². The van der Waals surface area contributed by atoms with Crippen LogP contribution in [0.15, 0.2) is 11.0 Å². The molecule has 12 nitrogen and oxygen atoms in total. The monoisotopic (exact) mass is 413 g/mol. The van der Waals surface area contributed by atoms with E-state index in [1.54, 1.807) is 6.92 Å². The number of nitrogens with zero attached hydrogens (tertiary/aromatic N) is 2. The second-order valence-electron chi connectivity index (χ2n) is 5.44. The van der Waals surface area contributed by atoms with Gasteiger partial charge >= 0.3 is 11.7 Å². The van der Waals surface area contributed by atoms with Crippen molar-refractivity contribution >= 4 is 30.6 Å². The van der Waals surface area contributed by atoms with Crippen molar-refractivity contribution in [2.45, 2.75) is 31.5 Å². The lowest BCUT2D eigenvalue weighted by molar-refractivity contribution is -0.134. The van der Waals surface area contributed by atoms with E-state index in [4.69, 9.17) is 25.6 Å². The molecule has 0 spiro atoms. The molecule has 0 aliphatic carbocycles. The van der Waals surface area contributed by atoms with Crippen molar-refractivity contribution in [2.24, 2.45) is 0 Å². The number of carbonyl (C=O) groups is 1. The van der Waals surface area contributed by atoms with Crippen molar-refractivity contribution in [1.82, 2.24) is 9.55 Å². The minimum Gasteiger partial charge on any atom is -0.481 e. The standard InChI is InChI=1S/C10H15N3O5.C2H5O4PS/c1-4-2-13(10(17)12-8(4)11)9-7(16)6(15)5(3-14)18-9;3-2(4)1-7(5,6)8/h2,5-7,9,14-16H,3H2,1H3,(H2,11,12,17);1H2,(H,3,4)(H2,5,6,8)/t5-,6-,7-,9-;/m1./s1. The lowest BCUT2D eigenvalue weighted by Gasteiger charge is -2.17. The predicted molar refractivity (Wildman–Crippen MR) is 92.0 cm³/mol. The third-order valence-electron chi connectivity index (χ3n) is 3.31. The number of aliphatic hydroxyl groups is 3. The van der Waals surface area contributed by atoms with Gasteiger partial charge in [-0.3, -0.25) is 13.9 Å². The molecule has 0 radical (unpaired) electrons. The number of aliphatic hydroxyl groups excluding tert-OH is 3. The van der Waals surface area contributed by atoms with Gasteiger partial charge in [0.2, 0.25) is 0 Å². The number of hydrogen-bond acceptors (Lipinski definition) is 9. The highest BCUT2D eigenvalue weighted by atomic mass is 32.7. The molecule has 0 bridgehead atoms. The van der Waals surface area contributed by atoms with Gasteiger partial charge in [-0.15, -0.1) is 0 Å². The Morgan fingerprint density at radius 2 is 2.04 bits per heavy atom. The molecule has 5 atom stereocenters. The smallest absolute Gasteiger partial charge is 0.351 e. The van der Waals surface area contributed by atoms with Crippen LogP contribution in [0.25, 0.3) is 0 Å². The average molecular weight is 413 g/mol. The van der Waals surface area contributed by atoms with E-state index in [9.17, 15) is 24.4 Å². The summed E-state index contributed by atoms with van der Waals surface area (Å²) in [6.45, 7) is -2.43. The first-order chi connectivity index (χ1) is 11.9. The zero-order chi connectivity index (χ0) is 20.2. The van der Waals surface area contributed by atoms with Crippen LogP contribution in [0.3, 0.4) is 0 Å². The topological polar surface area (TPSA) is 205 Å². The Labute approximate surface area is 152 Å². The molecule has 1 fully saturated rings. The molecule has 148 valence electrons. The Morgan fingerprint density at radius 3 is 2.42 bits per heavy atom. The SMILES string of the molecule is Cc1cn([C@@H]2O[C@H](CO)[C@@H](O)[C@H]2O)c(=O)nc1N.O=C(O)CP(=O)(O)S. The average Bonchev–Trinajstić information content (AvgIpc) is 2.77. The molecule has 0 aromatic carbocycles. The first kappa shape index (κ1) is 22.6. The Morgan fingerprint density at radius 1 is 1.46 bits per heavy atom. The van der Waals surface area contributed by atoms with Crippen LogP contribution in [0.4, 0.5) is 5.82 Å². The minimum absolute atomic E-state index is 0.1000. The van der Waals surface area contributed by atoms with Gasteiger partial charge in [-0.1, -0.05) is 12.2 Å². The van der Waals surface area contributed by atoms with Gasteiger partial charge in [0.15, 0.2) is 6.23 Å². The Balaban J connectivity index is 0.000000359. The summed E-state index contributed by atoms with van der Waals surface area (Å²) >= 11 is 3.12. The lowest BCUT2D eigenvalue weighted by Crippen LogP contribution is -2.36. The van der Waals surface area contributed by atoms with Gasteiger partial charge in [-0.05, 0) is 6.92 Å². The highest BCUT2D eigenvalue weighted by Gasteiger charge is 2.43. The number of carboxylic acid groups (broad SMARTS) is 1. The van der Waals surface area contributed by atoms with Crippen LogP contribution in [0, 0.1) is 6.92 Å². The van der Waals surface area contributed by atoms with Crippen LogP contribution in [-0.2, 0) is 14.1 Å². The molecule has 1 aliphatic rings. The number of hydrogen-bond donors (Lipinski definition) is 7. The molecule has 1 aromatic rings. The number of thiol groups is 1. The molecule has 1 saturated heterocycles. The first-order valence-electron chi connectivity index (χ1n) is 7.11. The fourth-order valence-electron chi connectivity index (χ4n) is 2.05. The molecule has 0 amide bonds. The Hall–Kier alpha value is -1.47. The normalized spacial score (nSPS) is 27.3. The summed E-state index contributed by atoms with van der Waals surface area (Å²) in [7, 11) is 0. The second kappa shape index (κ2) is 8.95. The van der Waals surface area contributed by atoms with Crippen LogP contribution in [-0.4, -0.2) is 71.9 Å². The number of aromatic nitrogens is 2. The van der Waals surface area contributed by atoms with Crippen LogP contribution < -0.4 is 11.4 Å². The van der Waals surface area contributed by atoms with Gasteiger partial charge in [0.05, 0.1) is 6.61 Å². The van der Waals surface area contributed by atoms with Crippen molar-refractivity contribution in [3.63, 3.8) is 0 Å². The molecule has 14 heteroatoms. The van der Waals surface area contributed by atoms with E-state index in [1.165, 1.54) is 6.20 Å². The van der Waals surface area contributed by atoms with E-state index in [0.717, 1.165) is 4.57 Å². The number of nitrogens with two attached hydrogens (primary N) is 1. The fraction of sp³-hybridized carbons (Fsp3) is 0.583. The quantitative estimate of drug-likeness (QED) is 0.211. The molecule has 1 unspecified atom stereocenters. The second-order valence-corrected chi connectivity index (χ2v) is 8.97. The highest BCUT2D eigenvalue weighted by Crippen LogP contribution is 2.44. The van der Waals surface area contributed by atoms with Gasteiger partial charge in [0.25, 0.3) is 6.57 Å². The summed E-state index contributed by atoms with van der Waals surface area (Å²) in [6, 6.07) is 0. The van der Waals surface area contributed by atoms with Crippen LogP contribution in [0.1, 0.15) is 11.8 Å². The molecule has 1 aromatic heterocycles. The van der Waals surface area contributed by atoms with Gasteiger partial charge in [0, 0.05) is 11.8 Å². The van der Waals surface area contributed by atoms with E-state index in [-0.39, 0.29) is 5.82 Å². The third-order valence-corrected chi connectivity index (χ3v) is 4.41. The number of anilines is 1. The number of aliphatic carboxylic acids is 1. The molecule has 2 heterocycles. The summed E-state index contributed by atoms with van der Waals surface area (Å²) in [4.78, 5) is 33.1. The Kier molecular flexibility index (Phi) is 7.77. The minimum atomic E-state index is -3.63. The molecule has 1 aliphatic heterocycles. The van der Waals surface area contributed by atoms with Gasteiger partial charge < -0.3 is 35.8 Å².